The number of para-hydroxylation sites is 1. The van der Waals surface area contributed by atoms with E-state index in [1.807, 2.05) is 0 Å². The molecule has 4 nitrogen and oxygen atoms in total. The van der Waals surface area contributed by atoms with E-state index in [-0.39, 0.29) is 11.9 Å². The lowest BCUT2D eigenvalue weighted by Gasteiger charge is -2.06. The maximum absolute atomic E-state index is 11.8. The highest BCUT2D eigenvalue weighted by Gasteiger charge is 2.07. The van der Waals surface area contributed by atoms with Crippen LogP contribution in [-0.2, 0) is 14.3 Å². The maximum Gasteiger partial charge on any atom is 0.311 e. The predicted octanol–water partition coefficient (Wildman–Crippen LogP) is 7.27. The molecule has 0 bridgehead atoms. The summed E-state index contributed by atoms with van der Waals surface area (Å²) in [5, 5.41) is 0.450. The molecule has 0 unspecified atom stereocenters. The van der Waals surface area contributed by atoms with E-state index >= 15 is 0 Å². The first kappa shape index (κ1) is 25.5. The van der Waals surface area contributed by atoms with E-state index in [0.29, 0.717) is 30.2 Å². The van der Waals surface area contributed by atoms with Crippen LogP contribution in [0.2, 0.25) is 5.02 Å². The lowest BCUT2D eigenvalue weighted by molar-refractivity contribution is -0.144. The molecule has 0 saturated carbocycles. The molecule has 1 aromatic carbocycles. The second kappa shape index (κ2) is 17.3. The van der Waals surface area contributed by atoms with Crippen molar-refractivity contribution in [2.45, 2.75) is 96.8 Å². The average molecular weight is 425 g/mol. The van der Waals surface area contributed by atoms with Gasteiger partial charge in [-0.25, -0.2) is 0 Å². The van der Waals surface area contributed by atoms with Gasteiger partial charge in [-0.15, -0.1) is 0 Å². The number of hydrogen-bond acceptors (Lipinski definition) is 4. The molecule has 0 aromatic heterocycles. The molecule has 0 heterocycles. The monoisotopic (exact) mass is 424 g/mol. The molecule has 0 spiro atoms. The van der Waals surface area contributed by atoms with Crippen molar-refractivity contribution < 1.29 is 19.1 Å². The van der Waals surface area contributed by atoms with Crippen LogP contribution in [0.4, 0.5) is 0 Å². The summed E-state index contributed by atoms with van der Waals surface area (Å²) in [6.07, 6.45) is 14.0. The highest BCUT2D eigenvalue weighted by atomic mass is 35.5. The van der Waals surface area contributed by atoms with Crippen LogP contribution in [0.15, 0.2) is 24.3 Å². The van der Waals surface area contributed by atoms with Gasteiger partial charge in [0.05, 0.1) is 11.6 Å². The van der Waals surface area contributed by atoms with Gasteiger partial charge in [0.2, 0.25) is 0 Å². The second-order valence-electron chi connectivity index (χ2n) is 7.51. The molecule has 5 heteroatoms. The number of benzene rings is 1. The van der Waals surface area contributed by atoms with Gasteiger partial charge in [-0.1, -0.05) is 88.4 Å². The van der Waals surface area contributed by atoms with Crippen LogP contribution in [0, 0.1) is 0 Å². The van der Waals surface area contributed by atoms with Crippen molar-refractivity contribution in [1.29, 1.82) is 0 Å². The minimum atomic E-state index is -0.244. The van der Waals surface area contributed by atoms with Crippen LogP contribution in [0.25, 0.3) is 0 Å². The summed E-state index contributed by atoms with van der Waals surface area (Å²) < 4.78 is 10.5. The zero-order chi connectivity index (χ0) is 21.2. The van der Waals surface area contributed by atoms with Gasteiger partial charge in [-0.3, -0.25) is 9.59 Å². The fraction of sp³-hybridized carbons (Fsp3) is 0.667. The normalized spacial score (nSPS) is 10.7. The molecule has 0 aliphatic carbocycles. The number of carbonyl (C=O) groups excluding carboxylic acids is 2. The molecule has 164 valence electrons. The zero-order valence-electron chi connectivity index (χ0n) is 17.9. The van der Waals surface area contributed by atoms with Gasteiger partial charge < -0.3 is 9.47 Å². The summed E-state index contributed by atoms with van der Waals surface area (Å²) in [7, 11) is 0. The first-order valence-electron chi connectivity index (χ1n) is 11.2. The number of halogens is 1. The molecule has 0 radical (unpaired) electrons. The van der Waals surface area contributed by atoms with Gasteiger partial charge in [-0.05, 0) is 31.4 Å². The summed E-state index contributed by atoms with van der Waals surface area (Å²) in [6.45, 7) is 2.77. The Bertz CT molecular complexity index is 574. The fourth-order valence-electron chi connectivity index (χ4n) is 3.09. The number of esters is 2. The van der Waals surface area contributed by atoms with Crippen molar-refractivity contribution in [2.24, 2.45) is 0 Å². The SMILES string of the molecule is CCCCCCCCOC(=O)CCCCCCCCC(=O)Oc1ccccc1Cl. The topological polar surface area (TPSA) is 52.6 Å². The third-order valence-corrected chi connectivity index (χ3v) is 5.15. The summed E-state index contributed by atoms with van der Waals surface area (Å²) in [5.41, 5.74) is 0. The Kier molecular flexibility index (Phi) is 15.2. The highest BCUT2D eigenvalue weighted by Crippen LogP contribution is 2.23. The van der Waals surface area contributed by atoms with Crippen molar-refractivity contribution >= 4 is 23.5 Å². The average Bonchev–Trinajstić information content (AvgIpc) is 2.71. The fourth-order valence-corrected chi connectivity index (χ4v) is 3.26. The molecule has 1 rings (SSSR count). The van der Waals surface area contributed by atoms with Gasteiger partial charge in [0.25, 0.3) is 0 Å². The first-order chi connectivity index (χ1) is 14.1. The maximum atomic E-state index is 11.8. The molecule has 29 heavy (non-hydrogen) atoms. The van der Waals surface area contributed by atoms with Crippen molar-refractivity contribution in [2.75, 3.05) is 6.61 Å². The Morgan fingerprint density at radius 1 is 0.759 bits per heavy atom. The molecule has 0 atom stereocenters. The Labute approximate surface area is 181 Å². The minimum absolute atomic E-state index is 0.0686. The molecular weight excluding hydrogens is 388 g/mol. The van der Waals surface area contributed by atoms with Crippen molar-refractivity contribution in [3.05, 3.63) is 29.3 Å². The van der Waals surface area contributed by atoms with E-state index in [1.165, 1.54) is 25.7 Å². The van der Waals surface area contributed by atoms with E-state index in [0.717, 1.165) is 51.4 Å². The van der Waals surface area contributed by atoms with Crippen LogP contribution >= 0.6 is 11.6 Å². The molecule has 0 amide bonds. The Balaban J connectivity index is 1.88. The number of hydrogen-bond donors (Lipinski definition) is 0. The molecule has 0 aliphatic rings. The number of rotatable bonds is 17. The van der Waals surface area contributed by atoms with E-state index in [9.17, 15) is 9.59 Å². The van der Waals surface area contributed by atoms with Crippen LogP contribution in [-0.4, -0.2) is 18.5 Å². The van der Waals surface area contributed by atoms with Crippen molar-refractivity contribution in [1.82, 2.24) is 0 Å². The molecule has 1 aromatic rings. The smallest absolute Gasteiger partial charge is 0.311 e. The highest BCUT2D eigenvalue weighted by molar-refractivity contribution is 6.32. The molecular formula is C24H37ClO4. The van der Waals surface area contributed by atoms with Crippen LogP contribution in [0.3, 0.4) is 0 Å². The van der Waals surface area contributed by atoms with E-state index in [2.05, 4.69) is 6.92 Å². The van der Waals surface area contributed by atoms with E-state index in [1.54, 1.807) is 24.3 Å². The van der Waals surface area contributed by atoms with Crippen LogP contribution in [0.1, 0.15) is 96.8 Å². The van der Waals surface area contributed by atoms with Gasteiger partial charge in [0, 0.05) is 12.8 Å². The van der Waals surface area contributed by atoms with Gasteiger partial charge in [0.15, 0.2) is 0 Å². The Morgan fingerprint density at radius 2 is 1.31 bits per heavy atom. The minimum Gasteiger partial charge on any atom is -0.466 e. The lowest BCUT2D eigenvalue weighted by Crippen LogP contribution is -2.07. The first-order valence-corrected chi connectivity index (χ1v) is 11.6. The third-order valence-electron chi connectivity index (χ3n) is 4.83. The summed E-state index contributed by atoms with van der Waals surface area (Å²) >= 11 is 5.97. The number of unbranched alkanes of at least 4 members (excludes halogenated alkanes) is 10. The van der Waals surface area contributed by atoms with Crippen molar-refractivity contribution in [3.8, 4) is 5.75 Å². The lowest BCUT2D eigenvalue weighted by atomic mass is 10.1. The second-order valence-corrected chi connectivity index (χ2v) is 7.92. The number of carbonyl (C=O) groups is 2. The van der Waals surface area contributed by atoms with E-state index in [4.69, 9.17) is 21.1 Å². The largest absolute Gasteiger partial charge is 0.466 e. The molecule has 0 saturated heterocycles. The predicted molar refractivity (Wildman–Crippen MR) is 118 cm³/mol. The van der Waals surface area contributed by atoms with Gasteiger partial charge >= 0.3 is 11.9 Å². The van der Waals surface area contributed by atoms with Gasteiger partial charge in [-0.2, -0.15) is 0 Å². The van der Waals surface area contributed by atoms with Crippen LogP contribution in [0.5, 0.6) is 5.75 Å². The Morgan fingerprint density at radius 3 is 1.97 bits per heavy atom. The third kappa shape index (κ3) is 14.1. The summed E-state index contributed by atoms with van der Waals surface area (Å²) in [5.74, 6) is 0.106. The zero-order valence-corrected chi connectivity index (χ0v) is 18.7. The summed E-state index contributed by atoms with van der Waals surface area (Å²) in [4.78, 5) is 23.5. The quantitative estimate of drug-likeness (QED) is 0.150. The van der Waals surface area contributed by atoms with Crippen LogP contribution < -0.4 is 4.74 Å². The molecule has 0 fully saturated rings. The standard InChI is InChI=1S/C24H37ClO4/c1-2-3-4-5-10-15-20-28-23(26)18-11-8-6-7-9-12-19-24(27)29-22-17-14-13-16-21(22)25/h13-14,16-17H,2-12,15,18-20H2,1H3. The molecule has 0 aliphatic heterocycles. The number of ether oxygens (including phenoxy) is 2. The van der Waals surface area contributed by atoms with Crippen molar-refractivity contribution in [3.63, 3.8) is 0 Å². The van der Waals surface area contributed by atoms with E-state index < -0.39 is 0 Å². The van der Waals surface area contributed by atoms with Gasteiger partial charge in [0.1, 0.15) is 5.75 Å². The summed E-state index contributed by atoms with van der Waals surface area (Å²) in [6, 6.07) is 6.99. The molecule has 0 N–H and O–H groups in total. The Hall–Kier alpha value is -1.55.